The minimum atomic E-state index is -1.20. The van der Waals surface area contributed by atoms with Gasteiger partial charge in [-0.15, -0.1) is 0 Å². The van der Waals surface area contributed by atoms with E-state index in [2.05, 4.69) is 59.9 Å². The topological polar surface area (TPSA) is 67.6 Å². The second-order valence-electron chi connectivity index (χ2n) is 8.72. The van der Waals surface area contributed by atoms with Gasteiger partial charge in [-0.3, -0.25) is 4.90 Å². The Hall–Kier alpha value is -1.43. The van der Waals surface area contributed by atoms with Crippen molar-refractivity contribution >= 4 is 19.1 Å². The third-order valence-electron chi connectivity index (χ3n) is 5.69. The first-order valence-electron chi connectivity index (χ1n) is 9.37. The van der Waals surface area contributed by atoms with Crippen LogP contribution in [-0.2, 0) is 6.54 Å². The fraction of sp³-hybridized carbons (Fsp3) is 0.550. The van der Waals surface area contributed by atoms with Crippen LogP contribution < -0.4 is 16.7 Å². The average molecular weight is 357 g/mol. The number of benzene rings is 1. The molecule has 1 aromatic rings. The molecule has 1 saturated heterocycles. The summed E-state index contributed by atoms with van der Waals surface area (Å²) in [4.78, 5) is 6.69. The molecular formula is C20H32N4Si. The van der Waals surface area contributed by atoms with Crippen molar-refractivity contribution in [2.24, 2.45) is 22.4 Å². The van der Waals surface area contributed by atoms with Crippen LogP contribution in [0, 0.1) is 5.92 Å². The molecule has 4 N–H and O–H groups in total. The Labute approximate surface area is 153 Å². The van der Waals surface area contributed by atoms with Gasteiger partial charge in [0.05, 0.1) is 8.07 Å². The van der Waals surface area contributed by atoms with Crippen molar-refractivity contribution in [2.45, 2.75) is 51.0 Å². The maximum Gasteiger partial charge on any atom is 0.101 e. The van der Waals surface area contributed by atoms with E-state index < -0.39 is 8.07 Å². The van der Waals surface area contributed by atoms with Crippen LogP contribution in [0.3, 0.4) is 0 Å². The summed E-state index contributed by atoms with van der Waals surface area (Å²) >= 11 is 0. The predicted octanol–water partition coefficient (Wildman–Crippen LogP) is 2.42. The third-order valence-corrected chi connectivity index (χ3v) is 7.75. The molecule has 0 radical (unpaired) electrons. The van der Waals surface area contributed by atoms with Gasteiger partial charge in [0.1, 0.15) is 5.84 Å². The van der Waals surface area contributed by atoms with Crippen molar-refractivity contribution in [3.05, 3.63) is 42.1 Å². The van der Waals surface area contributed by atoms with Crippen LogP contribution in [0.4, 0.5) is 0 Å². The van der Waals surface area contributed by atoms with E-state index in [1.54, 1.807) is 6.20 Å². The van der Waals surface area contributed by atoms with Gasteiger partial charge in [-0.2, -0.15) is 0 Å². The lowest BCUT2D eigenvalue weighted by atomic mass is 9.75. The van der Waals surface area contributed by atoms with Crippen molar-refractivity contribution in [1.29, 1.82) is 0 Å². The number of hydrogen-bond acceptors (Lipinski definition) is 4. The molecular weight excluding hydrogens is 324 g/mol. The van der Waals surface area contributed by atoms with Crippen molar-refractivity contribution in [1.82, 2.24) is 4.90 Å². The van der Waals surface area contributed by atoms with Crippen LogP contribution in [0.2, 0.25) is 19.6 Å². The largest absolute Gasteiger partial charge is 0.387 e. The van der Waals surface area contributed by atoms with Gasteiger partial charge < -0.3 is 11.5 Å². The van der Waals surface area contributed by atoms with Crippen LogP contribution in [0.1, 0.15) is 24.8 Å². The van der Waals surface area contributed by atoms with Crippen LogP contribution in [0.5, 0.6) is 0 Å². The number of hydrogen-bond donors (Lipinski definition) is 2. The third kappa shape index (κ3) is 4.40. The Kier molecular flexibility index (Phi) is 5.18. The maximum absolute atomic E-state index is 6.62. The highest BCUT2D eigenvalue weighted by Crippen LogP contribution is 2.32. The molecule has 2 heterocycles. The fourth-order valence-corrected chi connectivity index (χ4v) is 5.13. The molecule has 1 fully saturated rings. The summed E-state index contributed by atoms with van der Waals surface area (Å²) in [5.74, 6) is 1.15. The van der Waals surface area contributed by atoms with E-state index in [9.17, 15) is 0 Å². The van der Waals surface area contributed by atoms with E-state index in [1.807, 2.05) is 0 Å². The van der Waals surface area contributed by atoms with Crippen LogP contribution in [-0.4, -0.2) is 37.4 Å². The highest BCUT2D eigenvalue weighted by atomic mass is 28.3. The van der Waals surface area contributed by atoms with Gasteiger partial charge in [-0.25, -0.2) is 4.99 Å². The minimum absolute atomic E-state index is 0.309. The zero-order chi connectivity index (χ0) is 18.1. The molecule has 25 heavy (non-hydrogen) atoms. The number of aliphatic imine (C=N–C) groups is 1. The zero-order valence-electron chi connectivity index (χ0n) is 15.8. The molecule has 3 rings (SSSR count). The van der Waals surface area contributed by atoms with Gasteiger partial charge in [-0.1, -0.05) is 49.1 Å². The average Bonchev–Trinajstić information content (AvgIpc) is 2.55. The summed E-state index contributed by atoms with van der Waals surface area (Å²) in [7, 11) is -1.20. The normalized spacial score (nSPS) is 25.8. The van der Waals surface area contributed by atoms with E-state index >= 15 is 0 Å². The maximum atomic E-state index is 6.62. The highest BCUT2D eigenvalue weighted by molar-refractivity contribution is 6.88. The van der Waals surface area contributed by atoms with E-state index in [0.717, 1.165) is 32.5 Å². The van der Waals surface area contributed by atoms with Crippen molar-refractivity contribution < 1.29 is 0 Å². The number of nitrogens with zero attached hydrogens (tertiary/aromatic N) is 2. The Bertz CT molecular complexity index is 651. The Balaban J connectivity index is 1.55. The summed E-state index contributed by atoms with van der Waals surface area (Å²) in [6.07, 6.45) is 6.78. The second-order valence-corrected chi connectivity index (χ2v) is 13.8. The molecule has 0 aliphatic carbocycles. The van der Waals surface area contributed by atoms with Crippen molar-refractivity contribution in [2.75, 3.05) is 13.1 Å². The van der Waals surface area contributed by atoms with Gasteiger partial charge in [0.25, 0.3) is 0 Å². The number of rotatable bonds is 4. The first-order valence-corrected chi connectivity index (χ1v) is 12.9. The number of amidine groups is 1. The minimum Gasteiger partial charge on any atom is -0.387 e. The summed E-state index contributed by atoms with van der Waals surface area (Å²) in [5, 5.41) is 1.53. The molecule has 2 aliphatic heterocycles. The van der Waals surface area contributed by atoms with Gasteiger partial charge in [0.2, 0.25) is 0 Å². The standard InChI is InChI=1S/C20H32N4Si/c1-25(2,3)18-6-4-16(5-7-18)15-24-12-8-17(9-13-24)20(22)10-11-23-19(21)14-20/h4-7,10-11,17H,8-9,12-15,22H2,1-3H3,(H2,21,23). The van der Waals surface area contributed by atoms with E-state index in [1.165, 1.54) is 10.8 Å². The lowest BCUT2D eigenvalue weighted by molar-refractivity contribution is 0.143. The molecule has 0 bridgehead atoms. The fourth-order valence-electron chi connectivity index (χ4n) is 3.97. The first-order chi connectivity index (χ1) is 11.8. The molecule has 1 unspecified atom stereocenters. The van der Waals surface area contributed by atoms with Crippen LogP contribution >= 0.6 is 0 Å². The van der Waals surface area contributed by atoms with Crippen molar-refractivity contribution in [3.63, 3.8) is 0 Å². The van der Waals surface area contributed by atoms with Gasteiger partial charge >= 0.3 is 0 Å². The Morgan fingerprint density at radius 3 is 2.36 bits per heavy atom. The molecule has 1 atom stereocenters. The molecule has 0 saturated carbocycles. The molecule has 1 aromatic carbocycles. The molecule has 2 aliphatic rings. The monoisotopic (exact) mass is 356 g/mol. The SMILES string of the molecule is C[Si](C)(C)c1ccc(CN2CCC(C3(N)C=CN=C(N)C3)CC2)cc1. The summed E-state index contributed by atoms with van der Waals surface area (Å²) < 4.78 is 0. The molecule has 0 aromatic heterocycles. The highest BCUT2D eigenvalue weighted by Gasteiger charge is 2.36. The summed E-state index contributed by atoms with van der Waals surface area (Å²) in [6, 6.07) is 9.28. The van der Waals surface area contributed by atoms with Gasteiger partial charge in [-0.05, 0) is 43.5 Å². The lowest BCUT2D eigenvalue weighted by Gasteiger charge is -2.41. The van der Waals surface area contributed by atoms with E-state index in [0.29, 0.717) is 18.2 Å². The number of piperidine rings is 1. The Morgan fingerprint density at radius 1 is 1.16 bits per heavy atom. The molecule has 5 heteroatoms. The van der Waals surface area contributed by atoms with Crippen molar-refractivity contribution in [3.8, 4) is 0 Å². The number of nitrogens with two attached hydrogens (primary N) is 2. The van der Waals surface area contributed by atoms with E-state index in [4.69, 9.17) is 11.5 Å². The molecule has 136 valence electrons. The zero-order valence-corrected chi connectivity index (χ0v) is 16.8. The summed E-state index contributed by atoms with van der Waals surface area (Å²) in [6.45, 7) is 10.4. The lowest BCUT2D eigenvalue weighted by Crippen LogP contribution is -2.52. The molecule has 0 amide bonds. The van der Waals surface area contributed by atoms with Crippen LogP contribution in [0.15, 0.2) is 41.5 Å². The first kappa shape index (κ1) is 18.4. The van der Waals surface area contributed by atoms with Crippen LogP contribution in [0.25, 0.3) is 0 Å². The molecule has 4 nitrogen and oxygen atoms in total. The summed E-state index contributed by atoms with van der Waals surface area (Å²) in [5.41, 5.74) is 13.6. The van der Waals surface area contributed by atoms with E-state index in [-0.39, 0.29) is 5.54 Å². The Morgan fingerprint density at radius 2 is 1.80 bits per heavy atom. The van der Waals surface area contributed by atoms with Gasteiger partial charge in [0, 0.05) is 24.7 Å². The van der Waals surface area contributed by atoms with Gasteiger partial charge in [0.15, 0.2) is 0 Å². The smallest absolute Gasteiger partial charge is 0.101 e. The molecule has 0 spiro atoms. The second kappa shape index (κ2) is 7.06. The quantitative estimate of drug-likeness (QED) is 0.814. The predicted molar refractivity (Wildman–Crippen MR) is 110 cm³/mol. The number of likely N-dealkylation sites (tertiary alicyclic amines) is 1.